The highest BCUT2D eigenvalue weighted by Crippen LogP contribution is 2.21. The fourth-order valence-corrected chi connectivity index (χ4v) is 2.91. The lowest BCUT2D eigenvalue weighted by molar-refractivity contribution is -0.140. The lowest BCUT2D eigenvalue weighted by Gasteiger charge is -2.16. The Bertz CT molecular complexity index is 499. The van der Waals surface area contributed by atoms with Crippen molar-refractivity contribution in [3.63, 3.8) is 0 Å². The number of aromatic nitrogens is 2. The first-order chi connectivity index (χ1) is 10.0. The summed E-state index contributed by atoms with van der Waals surface area (Å²) in [5.41, 5.74) is 3.37. The van der Waals surface area contributed by atoms with Crippen LogP contribution in [0.4, 0.5) is 0 Å². The van der Waals surface area contributed by atoms with Crippen LogP contribution in [0.2, 0.25) is 0 Å². The summed E-state index contributed by atoms with van der Waals surface area (Å²) in [6.07, 6.45) is 1.40. The molecule has 0 saturated carbocycles. The van der Waals surface area contributed by atoms with Gasteiger partial charge in [-0.2, -0.15) is 5.10 Å². The maximum Gasteiger partial charge on any atom is 0.307 e. The van der Waals surface area contributed by atoms with Crippen LogP contribution < -0.4 is 0 Å². The summed E-state index contributed by atoms with van der Waals surface area (Å²) in [6.45, 7) is 7.72. The van der Waals surface area contributed by atoms with Gasteiger partial charge in [0.2, 0.25) is 0 Å². The molecule has 1 fully saturated rings. The second kappa shape index (κ2) is 7.04. The van der Waals surface area contributed by atoms with E-state index in [9.17, 15) is 9.90 Å². The van der Waals surface area contributed by atoms with Crippen LogP contribution in [-0.4, -0.2) is 52.6 Å². The van der Waals surface area contributed by atoms with Gasteiger partial charge >= 0.3 is 5.97 Å². The van der Waals surface area contributed by atoms with Crippen molar-refractivity contribution < 1.29 is 14.6 Å². The van der Waals surface area contributed by atoms with E-state index >= 15 is 0 Å². The molecule has 1 aromatic heterocycles. The number of hydrogen-bond donors (Lipinski definition) is 1. The van der Waals surface area contributed by atoms with E-state index in [4.69, 9.17) is 0 Å². The van der Waals surface area contributed by atoms with Crippen molar-refractivity contribution in [2.75, 3.05) is 26.8 Å². The van der Waals surface area contributed by atoms with E-state index in [1.165, 1.54) is 12.7 Å². The van der Waals surface area contributed by atoms with Crippen molar-refractivity contribution >= 4 is 5.97 Å². The molecule has 0 radical (unpaired) electrons. The Morgan fingerprint density at radius 2 is 2.24 bits per heavy atom. The fraction of sp³-hybridized carbons (Fsp3) is 0.733. The van der Waals surface area contributed by atoms with Gasteiger partial charge in [0.25, 0.3) is 0 Å². The molecule has 2 rings (SSSR count). The highest BCUT2D eigenvalue weighted by atomic mass is 16.5. The van der Waals surface area contributed by atoms with Crippen molar-refractivity contribution in [3.05, 3.63) is 17.0 Å². The summed E-state index contributed by atoms with van der Waals surface area (Å²) in [7, 11) is 1.40. The Morgan fingerprint density at radius 3 is 2.86 bits per heavy atom. The van der Waals surface area contributed by atoms with E-state index in [0.717, 1.165) is 37.4 Å². The van der Waals surface area contributed by atoms with Crippen molar-refractivity contribution in [3.8, 4) is 0 Å². The third kappa shape index (κ3) is 3.83. The van der Waals surface area contributed by atoms with Crippen LogP contribution in [0.1, 0.15) is 29.8 Å². The third-order valence-corrected chi connectivity index (χ3v) is 4.30. The van der Waals surface area contributed by atoms with Crippen LogP contribution in [0, 0.1) is 19.8 Å². The van der Waals surface area contributed by atoms with Crippen LogP contribution in [0.5, 0.6) is 0 Å². The van der Waals surface area contributed by atoms with E-state index in [-0.39, 0.29) is 12.6 Å². The summed E-state index contributed by atoms with van der Waals surface area (Å²) >= 11 is 0. The second-order valence-corrected chi connectivity index (χ2v) is 5.77. The van der Waals surface area contributed by atoms with Gasteiger partial charge in [-0.25, -0.2) is 0 Å². The summed E-state index contributed by atoms with van der Waals surface area (Å²) in [5.74, 6) is 0.189. The normalized spacial score (nSPS) is 19.1. The van der Waals surface area contributed by atoms with Gasteiger partial charge < -0.3 is 9.84 Å². The zero-order valence-corrected chi connectivity index (χ0v) is 13.1. The predicted molar refractivity (Wildman–Crippen MR) is 78.8 cm³/mol. The van der Waals surface area contributed by atoms with Gasteiger partial charge in [-0.3, -0.25) is 14.4 Å². The lowest BCUT2D eigenvalue weighted by atomic mass is 10.1. The lowest BCUT2D eigenvalue weighted by Crippen LogP contribution is -2.21. The van der Waals surface area contributed by atoms with Crippen LogP contribution in [-0.2, 0) is 22.6 Å². The highest BCUT2D eigenvalue weighted by Gasteiger charge is 2.23. The predicted octanol–water partition coefficient (Wildman–Crippen LogP) is 0.877. The number of methoxy groups -OCH3 is 1. The van der Waals surface area contributed by atoms with Gasteiger partial charge in [0.05, 0.1) is 25.8 Å². The number of aliphatic hydroxyl groups excluding tert-OH is 1. The zero-order chi connectivity index (χ0) is 15.4. The molecule has 0 aliphatic carbocycles. The van der Waals surface area contributed by atoms with E-state index in [1.54, 1.807) is 0 Å². The molecule has 1 aromatic rings. The molecule has 0 spiro atoms. The van der Waals surface area contributed by atoms with Crippen LogP contribution >= 0.6 is 0 Å². The molecule has 1 unspecified atom stereocenters. The molecular formula is C15H25N3O3. The Kier molecular flexibility index (Phi) is 5.36. The molecule has 0 bridgehead atoms. The number of carbonyl (C=O) groups excluding carboxylic acids is 1. The summed E-state index contributed by atoms with van der Waals surface area (Å²) in [6, 6.07) is 0. The number of nitrogens with zero attached hydrogens (tertiary/aromatic N) is 3. The van der Waals surface area contributed by atoms with Gasteiger partial charge in [-0.15, -0.1) is 0 Å². The van der Waals surface area contributed by atoms with E-state index in [1.807, 2.05) is 18.5 Å². The first-order valence-electron chi connectivity index (χ1n) is 7.48. The number of likely N-dealkylation sites (tertiary alicyclic amines) is 1. The maximum absolute atomic E-state index is 11.2. The topological polar surface area (TPSA) is 67.6 Å². The van der Waals surface area contributed by atoms with Crippen molar-refractivity contribution in [2.45, 2.75) is 39.8 Å². The molecule has 6 heteroatoms. The first kappa shape index (κ1) is 16.0. The molecule has 0 aromatic carbocycles. The standard InChI is InChI=1S/C15H25N3O3/c1-11-14(9-17-6-4-13(8-17)10-19)12(2)18(16-11)7-5-15(20)21-3/h13,19H,4-10H2,1-3H3. The van der Waals surface area contributed by atoms with E-state index in [2.05, 4.69) is 14.7 Å². The number of rotatable bonds is 6. The quantitative estimate of drug-likeness (QED) is 0.789. The number of ether oxygens (including phenoxy) is 1. The molecule has 1 saturated heterocycles. The van der Waals surface area contributed by atoms with Gasteiger partial charge in [0.15, 0.2) is 0 Å². The maximum atomic E-state index is 11.2. The largest absolute Gasteiger partial charge is 0.469 e. The number of esters is 1. The minimum absolute atomic E-state index is 0.213. The number of aliphatic hydroxyl groups is 1. The molecule has 6 nitrogen and oxygen atoms in total. The van der Waals surface area contributed by atoms with Crippen molar-refractivity contribution in [1.82, 2.24) is 14.7 Å². The van der Waals surface area contributed by atoms with Gasteiger partial charge in [-0.1, -0.05) is 0 Å². The molecule has 2 heterocycles. The average molecular weight is 295 g/mol. The van der Waals surface area contributed by atoms with Crippen LogP contribution in [0.25, 0.3) is 0 Å². The summed E-state index contributed by atoms with van der Waals surface area (Å²) in [5, 5.41) is 13.8. The second-order valence-electron chi connectivity index (χ2n) is 5.77. The molecule has 118 valence electrons. The van der Waals surface area contributed by atoms with Gasteiger partial charge in [-0.05, 0) is 32.7 Å². The van der Waals surface area contributed by atoms with E-state index < -0.39 is 0 Å². The third-order valence-electron chi connectivity index (χ3n) is 4.30. The molecule has 1 atom stereocenters. The smallest absolute Gasteiger partial charge is 0.307 e. The SMILES string of the molecule is COC(=O)CCn1nc(C)c(CN2CCC(CO)C2)c1C. The summed E-state index contributed by atoms with van der Waals surface area (Å²) < 4.78 is 6.56. The number of carbonyl (C=O) groups is 1. The Morgan fingerprint density at radius 1 is 1.48 bits per heavy atom. The number of aryl methyl sites for hydroxylation is 2. The van der Waals surface area contributed by atoms with Crippen LogP contribution in [0.15, 0.2) is 0 Å². The van der Waals surface area contributed by atoms with Crippen molar-refractivity contribution in [1.29, 1.82) is 0 Å². The van der Waals surface area contributed by atoms with Crippen LogP contribution in [0.3, 0.4) is 0 Å². The first-order valence-corrected chi connectivity index (χ1v) is 7.48. The molecule has 1 aliphatic heterocycles. The van der Waals surface area contributed by atoms with Gasteiger partial charge in [0.1, 0.15) is 0 Å². The molecule has 21 heavy (non-hydrogen) atoms. The molecule has 0 amide bonds. The zero-order valence-electron chi connectivity index (χ0n) is 13.1. The van der Waals surface area contributed by atoms with E-state index in [0.29, 0.717) is 18.9 Å². The Labute approximate surface area is 125 Å². The number of hydrogen-bond acceptors (Lipinski definition) is 5. The molecule has 1 aliphatic rings. The molecular weight excluding hydrogens is 270 g/mol. The minimum atomic E-state index is -0.213. The average Bonchev–Trinajstić information content (AvgIpc) is 3.04. The Balaban J connectivity index is 2.00. The fourth-order valence-electron chi connectivity index (χ4n) is 2.91. The monoisotopic (exact) mass is 295 g/mol. The highest BCUT2D eigenvalue weighted by molar-refractivity contribution is 5.68. The summed E-state index contributed by atoms with van der Waals surface area (Å²) in [4.78, 5) is 13.6. The van der Waals surface area contributed by atoms with Crippen molar-refractivity contribution in [2.24, 2.45) is 5.92 Å². The minimum Gasteiger partial charge on any atom is -0.469 e. The Hall–Kier alpha value is -1.40. The molecule has 1 N–H and O–H groups in total. The van der Waals surface area contributed by atoms with Gasteiger partial charge in [0, 0.05) is 31.0 Å².